The molecular weight excluding hydrogens is 352 g/mol. The van der Waals surface area contributed by atoms with E-state index in [1.54, 1.807) is 23.4 Å². The van der Waals surface area contributed by atoms with Crippen LogP contribution in [0.4, 0.5) is 11.5 Å². The zero-order valence-electron chi connectivity index (χ0n) is 16.2. The first-order chi connectivity index (χ1) is 13.6. The fourth-order valence-corrected chi connectivity index (χ4v) is 3.45. The molecule has 7 nitrogen and oxygen atoms in total. The van der Waals surface area contributed by atoms with Gasteiger partial charge in [-0.05, 0) is 37.8 Å². The average molecular weight is 376 g/mol. The smallest absolute Gasteiger partial charge is 0.275 e. The molecule has 1 fully saturated rings. The quantitative estimate of drug-likeness (QED) is 0.755. The van der Waals surface area contributed by atoms with Gasteiger partial charge in [0.05, 0.1) is 0 Å². The van der Waals surface area contributed by atoms with Gasteiger partial charge in [-0.25, -0.2) is 15.0 Å². The zero-order chi connectivity index (χ0) is 19.5. The van der Waals surface area contributed by atoms with Crippen molar-refractivity contribution in [1.29, 1.82) is 0 Å². The summed E-state index contributed by atoms with van der Waals surface area (Å²) < 4.78 is 1.75. The van der Waals surface area contributed by atoms with Crippen LogP contribution in [-0.2, 0) is 0 Å². The van der Waals surface area contributed by atoms with Crippen molar-refractivity contribution in [3.63, 3.8) is 0 Å². The van der Waals surface area contributed by atoms with Crippen LogP contribution >= 0.6 is 0 Å². The van der Waals surface area contributed by atoms with Crippen molar-refractivity contribution in [3.05, 3.63) is 60.4 Å². The average Bonchev–Trinajstić information content (AvgIpc) is 3.20. The largest absolute Gasteiger partial charge is 0.356 e. The molecule has 3 heterocycles. The van der Waals surface area contributed by atoms with Crippen molar-refractivity contribution in [3.8, 4) is 5.82 Å². The maximum atomic E-state index is 12.5. The van der Waals surface area contributed by atoms with Gasteiger partial charge in [0.25, 0.3) is 5.91 Å². The monoisotopic (exact) mass is 376 g/mol. The molecule has 144 valence electrons. The summed E-state index contributed by atoms with van der Waals surface area (Å²) in [6.07, 6.45) is 7.30. The number of carbonyl (C=O) groups is 1. The molecule has 0 radical (unpaired) electrons. The molecule has 1 aromatic carbocycles. The summed E-state index contributed by atoms with van der Waals surface area (Å²) in [7, 11) is 0. The van der Waals surface area contributed by atoms with Crippen LogP contribution in [0.25, 0.3) is 5.82 Å². The number of nitrogens with one attached hydrogen (secondary N) is 1. The minimum absolute atomic E-state index is 0.248. The van der Waals surface area contributed by atoms with Crippen molar-refractivity contribution in [2.24, 2.45) is 5.92 Å². The SMILES string of the molecule is Cc1ccc(NC(=O)c2cn(-c3cc(N4CCC[C@H](C)C4)ncn3)cn2)cc1. The van der Waals surface area contributed by atoms with Crippen LogP contribution in [0.3, 0.4) is 0 Å². The number of hydrogen-bond acceptors (Lipinski definition) is 5. The fourth-order valence-electron chi connectivity index (χ4n) is 3.45. The molecule has 0 aliphatic carbocycles. The van der Waals surface area contributed by atoms with E-state index < -0.39 is 0 Å². The number of hydrogen-bond donors (Lipinski definition) is 1. The Balaban J connectivity index is 1.50. The predicted octanol–water partition coefficient (Wildman–Crippen LogP) is 3.46. The van der Waals surface area contributed by atoms with Gasteiger partial charge in [0, 0.05) is 31.0 Å². The summed E-state index contributed by atoms with van der Waals surface area (Å²) in [5.41, 5.74) is 2.23. The summed E-state index contributed by atoms with van der Waals surface area (Å²) in [5.74, 6) is 2.03. The second kappa shape index (κ2) is 7.80. The van der Waals surface area contributed by atoms with Crippen molar-refractivity contribution in [1.82, 2.24) is 19.5 Å². The van der Waals surface area contributed by atoms with Gasteiger partial charge in [-0.15, -0.1) is 0 Å². The molecule has 1 N–H and O–H groups in total. The number of imidazole rings is 1. The van der Waals surface area contributed by atoms with E-state index >= 15 is 0 Å². The van der Waals surface area contributed by atoms with E-state index in [0.717, 1.165) is 30.2 Å². The molecule has 0 spiro atoms. The van der Waals surface area contributed by atoms with Crippen LogP contribution in [0.2, 0.25) is 0 Å². The minimum Gasteiger partial charge on any atom is -0.356 e. The van der Waals surface area contributed by atoms with Gasteiger partial charge in [0.15, 0.2) is 0 Å². The number of nitrogens with zero attached hydrogens (tertiary/aromatic N) is 5. The molecule has 1 aliphatic heterocycles. The number of rotatable bonds is 4. The van der Waals surface area contributed by atoms with Gasteiger partial charge in [-0.2, -0.15) is 0 Å². The van der Waals surface area contributed by atoms with Crippen molar-refractivity contribution in [2.45, 2.75) is 26.7 Å². The first-order valence-electron chi connectivity index (χ1n) is 9.58. The molecule has 4 rings (SSSR count). The highest BCUT2D eigenvalue weighted by Gasteiger charge is 2.18. The van der Waals surface area contributed by atoms with E-state index in [1.165, 1.54) is 12.8 Å². The first kappa shape index (κ1) is 18.2. The van der Waals surface area contributed by atoms with Gasteiger partial charge in [0.2, 0.25) is 0 Å². The molecule has 2 aromatic heterocycles. The maximum Gasteiger partial charge on any atom is 0.275 e. The maximum absolute atomic E-state index is 12.5. The number of carbonyl (C=O) groups excluding carboxylic acids is 1. The van der Waals surface area contributed by atoms with Gasteiger partial charge < -0.3 is 10.2 Å². The molecule has 28 heavy (non-hydrogen) atoms. The summed E-state index contributed by atoms with van der Waals surface area (Å²) >= 11 is 0. The number of benzene rings is 1. The third-order valence-electron chi connectivity index (χ3n) is 5.01. The normalized spacial score (nSPS) is 16.8. The van der Waals surface area contributed by atoms with Gasteiger partial charge in [-0.3, -0.25) is 9.36 Å². The molecule has 0 bridgehead atoms. The van der Waals surface area contributed by atoms with E-state index in [1.807, 2.05) is 37.3 Å². The van der Waals surface area contributed by atoms with Crippen molar-refractivity contribution in [2.75, 3.05) is 23.3 Å². The van der Waals surface area contributed by atoms with Gasteiger partial charge in [-0.1, -0.05) is 24.6 Å². The molecule has 3 aromatic rings. The van der Waals surface area contributed by atoms with Crippen LogP contribution in [0, 0.1) is 12.8 Å². The summed E-state index contributed by atoms with van der Waals surface area (Å²) in [6, 6.07) is 9.61. The molecule has 1 aliphatic rings. The van der Waals surface area contributed by atoms with E-state index in [0.29, 0.717) is 17.4 Å². The molecular formula is C21H24N6O. The third-order valence-corrected chi connectivity index (χ3v) is 5.01. The number of piperidine rings is 1. The minimum atomic E-state index is -0.248. The van der Waals surface area contributed by atoms with Gasteiger partial charge in [0.1, 0.15) is 30.0 Å². The Hall–Kier alpha value is -3.22. The lowest BCUT2D eigenvalue weighted by atomic mass is 10.0. The number of anilines is 2. The predicted molar refractivity (Wildman–Crippen MR) is 109 cm³/mol. The lowest BCUT2D eigenvalue weighted by Crippen LogP contribution is -2.34. The number of aromatic nitrogens is 4. The Morgan fingerprint density at radius 2 is 1.93 bits per heavy atom. The van der Waals surface area contributed by atoms with Crippen molar-refractivity contribution < 1.29 is 4.79 Å². The van der Waals surface area contributed by atoms with Crippen LogP contribution < -0.4 is 10.2 Å². The number of aryl methyl sites for hydroxylation is 1. The third kappa shape index (κ3) is 4.03. The second-order valence-electron chi connectivity index (χ2n) is 7.41. The van der Waals surface area contributed by atoms with Crippen LogP contribution in [-0.4, -0.2) is 38.5 Å². The molecule has 7 heteroatoms. The number of amides is 1. The molecule has 1 atom stereocenters. The molecule has 1 amide bonds. The Morgan fingerprint density at radius 1 is 1.14 bits per heavy atom. The van der Waals surface area contributed by atoms with E-state index in [9.17, 15) is 4.79 Å². The van der Waals surface area contributed by atoms with Gasteiger partial charge >= 0.3 is 0 Å². The Bertz CT molecular complexity index is 965. The van der Waals surface area contributed by atoms with E-state index in [2.05, 4.69) is 32.1 Å². The van der Waals surface area contributed by atoms with Crippen molar-refractivity contribution >= 4 is 17.4 Å². The molecule has 0 saturated carbocycles. The highest BCUT2D eigenvalue weighted by atomic mass is 16.1. The van der Waals surface area contributed by atoms with Crippen LogP contribution in [0.1, 0.15) is 35.8 Å². The van der Waals surface area contributed by atoms with Crippen LogP contribution in [0.5, 0.6) is 0 Å². The standard InChI is InChI=1S/C21H24N6O/c1-15-5-7-17(8-6-15)25-21(28)18-12-27(14-24-18)20-10-19(22-13-23-20)26-9-3-4-16(2)11-26/h5-8,10,12-14,16H,3-4,9,11H2,1-2H3,(H,25,28)/t16-/m0/s1. The first-order valence-corrected chi connectivity index (χ1v) is 9.58. The highest BCUT2D eigenvalue weighted by Crippen LogP contribution is 2.22. The summed E-state index contributed by atoms with van der Waals surface area (Å²) in [4.78, 5) is 27.8. The lowest BCUT2D eigenvalue weighted by Gasteiger charge is -2.31. The zero-order valence-corrected chi connectivity index (χ0v) is 16.2. The summed E-state index contributed by atoms with van der Waals surface area (Å²) in [6.45, 7) is 6.29. The molecule has 0 unspecified atom stereocenters. The topological polar surface area (TPSA) is 75.9 Å². The summed E-state index contributed by atoms with van der Waals surface area (Å²) in [5, 5.41) is 2.86. The lowest BCUT2D eigenvalue weighted by molar-refractivity contribution is 0.102. The van der Waals surface area contributed by atoms with E-state index in [-0.39, 0.29) is 5.91 Å². The Labute approximate surface area is 164 Å². The highest BCUT2D eigenvalue weighted by molar-refractivity contribution is 6.02. The fraction of sp³-hybridized carbons (Fsp3) is 0.333. The Kier molecular flexibility index (Phi) is 5.06. The van der Waals surface area contributed by atoms with E-state index in [4.69, 9.17) is 0 Å². The second-order valence-corrected chi connectivity index (χ2v) is 7.41. The van der Waals surface area contributed by atoms with Crippen LogP contribution in [0.15, 0.2) is 49.2 Å². The molecule has 1 saturated heterocycles. The Morgan fingerprint density at radius 3 is 2.71 bits per heavy atom.